The average Bonchev–Trinajstić information content (AvgIpc) is 2.79. The zero-order valence-electron chi connectivity index (χ0n) is 20.8. The summed E-state index contributed by atoms with van der Waals surface area (Å²) in [6.07, 6.45) is -2.32. The molecule has 14 heteroatoms. The van der Waals surface area contributed by atoms with E-state index in [0.717, 1.165) is 12.4 Å². The van der Waals surface area contributed by atoms with Crippen molar-refractivity contribution in [2.24, 2.45) is 0 Å². The van der Waals surface area contributed by atoms with Crippen molar-refractivity contribution in [2.75, 3.05) is 31.1 Å². The summed E-state index contributed by atoms with van der Waals surface area (Å²) in [6, 6.07) is 0.793. The first kappa shape index (κ1) is 28.2. The van der Waals surface area contributed by atoms with Crippen LogP contribution < -0.4 is 15.8 Å². The van der Waals surface area contributed by atoms with Gasteiger partial charge in [0.1, 0.15) is 10.6 Å². The van der Waals surface area contributed by atoms with E-state index in [2.05, 4.69) is 15.3 Å². The molecule has 0 unspecified atom stereocenters. The van der Waals surface area contributed by atoms with Crippen LogP contribution in [0.2, 0.25) is 5.02 Å². The number of rotatable bonds is 5. The molecule has 1 aliphatic heterocycles. The number of carbonyl (C=O) groups excluding carboxylic acids is 2. The number of halogens is 4. The van der Waals surface area contributed by atoms with Gasteiger partial charge in [-0.25, -0.2) is 14.8 Å². The minimum absolute atomic E-state index is 0.0535. The molecule has 2 amide bonds. The number of anilines is 1. The molecule has 202 valence electrons. The van der Waals surface area contributed by atoms with Gasteiger partial charge >= 0.3 is 12.3 Å². The van der Waals surface area contributed by atoms with Crippen molar-refractivity contribution in [2.45, 2.75) is 52.1 Å². The van der Waals surface area contributed by atoms with E-state index in [4.69, 9.17) is 16.3 Å². The molecule has 2 aromatic heterocycles. The maximum atomic E-state index is 13.1. The molecule has 1 fully saturated rings. The van der Waals surface area contributed by atoms with E-state index in [1.165, 1.54) is 16.8 Å². The molecule has 10 nitrogen and oxygen atoms in total. The number of alkyl carbamates (subject to hydrolysis) is 1. The van der Waals surface area contributed by atoms with Gasteiger partial charge in [-0.15, -0.1) is 0 Å². The van der Waals surface area contributed by atoms with Gasteiger partial charge < -0.3 is 24.4 Å². The van der Waals surface area contributed by atoms with Crippen LogP contribution in [0, 0.1) is 0 Å². The quantitative estimate of drug-likeness (QED) is 0.615. The number of nitrogens with zero attached hydrogens (tertiary/aromatic N) is 5. The van der Waals surface area contributed by atoms with Crippen LogP contribution in [0.25, 0.3) is 0 Å². The van der Waals surface area contributed by atoms with Crippen LogP contribution in [0.15, 0.2) is 29.5 Å². The average molecular weight is 545 g/mol. The third-order valence-corrected chi connectivity index (χ3v) is 5.61. The van der Waals surface area contributed by atoms with E-state index in [-0.39, 0.29) is 42.1 Å². The Morgan fingerprint density at radius 3 is 2.27 bits per heavy atom. The summed E-state index contributed by atoms with van der Waals surface area (Å²) < 4.78 is 44.7. The number of amides is 2. The van der Waals surface area contributed by atoms with Crippen LogP contribution in [0.5, 0.6) is 0 Å². The van der Waals surface area contributed by atoms with E-state index < -0.39 is 35.0 Å². The standard InChI is InChI=1S/C23H28ClF3N6O4/c1-14(30-21(36)37-22(2,3)4)12-33-13-15(9-17(24)19(33)35)18(34)31-5-7-32(8-6-31)20-28-10-16(11-29-20)23(25,26)27/h9-11,13-14H,5-8,12H2,1-4H3,(H,30,36)/t14-/m0/s1. The van der Waals surface area contributed by atoms with Crippen molar-refractivity contribution < 1.29 is 27.5 Å². The lowest BCUT2D eigenvalue weighted by Gasteiger charge is -2.34. The molecule has 0 spiro atoms. The molecule has 0 aliphatic carbocycles. The Balaban J connectivity index is 1.65. The summed E-state index contributed by atoms with van der Waals surface area (Å²) in [6.45, 7) is 8.06. The number of ether oxygens (including phenoxy) is 1. The fourth-order valence-electron chi connectivity index (χ4n) is 3.62. The first-order valence-corrected chi connectivity index (χ1v) is 11.8. The van der Waals surface area contributed by atoms with E-state index in [1.807, 2.05) is 0 Å². The van der Waals surface area contributed by atoms with Gasteiger partial charge in [-0.05, 0) is 33.8 Å². The van der Waals surface area contributed by atoms with Crippen molar-refractivity contribution in [1.29, 1.82) is 0 Å². The molecule has 3 rings (SSSR count). The summed E-state index contributed by atoms with van der Waals surface area (Å²) >= 11 is 6.11. The van der Waals surface area contributed by atoms with Gasteiger partial charge in [-0.3, -0.25) is 9.59 Å². The molecule has 0 radical (unpaired) electrons. The fourth-order valence-corrected chi connectivity index (χ4v) is 3.85. The minimum atomic E-state index is -4.52. The number of hydrogen-bond acceptors (Lipinski definition) is 7. The third kappa shape index (κ3) is 7.57. The van der Waals surface area contributed by atoms with Gasteiger partial charge in [0.15, 0.2) is 0 Å². The molecule has 0 saturated carbocycles. The summed E-state index contributed by atoms with van der Waals surface area (Å²) in [4.78, 5) is 48.5. The second-order valence-corrected chi connectivity index (χ2v) is 10.0. The number of hydrogen-bond donors (Lipinski definition) is 1. The number of piperazine rings is 1. The number of alkyl halides is 3. The maximum absolute atomic E-state index is 13.1. The Morgan fingerprint density at radius 2 is 1.73 bits per heavy atom. The van der Waals surface area contributed by atoms with Crippen molar-refractivity contribution in [3.8, 4) is 0 Å². The van der Waals surface area contributed by atoms with Gasteiger partial charge in [-0.1, -0.05) is 11.6 Å². The zero-order chi connectivity index (χ0) is 27.5. The second-order valence-electron chi connectivity index (χ2n) is 9.63. The highest BCUT2D eigenvalue weighted by atomic mass is 35.5. The highest BCUT2D eigenvalue weighted by Gasteiger charge is 2.32. The Hall–Kier alpha value is -3.35. The summed E-state index contributed by atoms with van der Waals surface area (Å²) in [5.74, 6) is -0.223. The summed E-state index contributed by atoms with van der Waals surface area (Å²) in [5.41, 5.74) is -1.94. The molecule has 0 aromatic carbocycles. The molecule has 1 atom stereocenters. The monoisotopic (exact) mass is 544 g/mol. The van der Waals surface area contributed by atoms with Crippen LogP contribution in [0.1, 0.15) is 43.6 Å². The first-order valence-electron chi connectivity index (χ1n) is 11.5. The van der Waals surface area contributed by atoms with E-state index in [1.54, 1.807) is 37.5 Å². The van der Waals surface area contributed by atoms with Crippen molar-refractivity contribution >= 4 is 29.5 Å². The van der Waals surface area contributed by atoms with Gasteiger partial charge in [-0.2, -0.15) is 13.2 Å². The highest BCUT2D eigenvalue weighted by molar-refractivity contribution is 6.30. The normalized spacial score (nSPS) is 15.4. The minimum Gasteiger partial charge on any atom is -0.444 e. The molecule has 2 aromatic rings. The van der Waals surface area contributed by atoms with Crippen LogP contribution in [-0.2, 0) is 17.5 Å². The molecule has 0 bridgehead atoms. The predicted molar refractivity (Wildman–Crippen MR) is 130 cm³/mol. The lowest BCUT2D eigenvalue weighted by atomic mass is 10.2. The van der Waals surface area contributed by atoms with Crippen LogP contribution in [0.3, 0.4) is 0 Å². The van der Waals surface area contributed by atoms with Crippen molar-refractivity contribution in [3.63, 3.8) is 0 Å². The van der Waals surface area contributed by atoms with Gasteiger partial charge in [0.2, 0.25) is 5.95 Å². The maximum Gasteiger partial charge on any atom is 0.419 e. The molecule has 3 heterocycles. The SMILES string of the molecule is C[C@@H](Cn1cc(C(=O)N2CCN(c3ncc(C(F)(F)F)cn3)CC2)cc(Cl)c1=O)NC(=O)OC(C)(C)C. The van der Waals surface area contributed by atoms with Gasteiger partial charge in [0, 0.05) is 57.4 Å². The number of aromatic nitrogens is 3. The molecule has 1 aliphatic rings. The molecule has 37 heavy (non-hydrogen) atoms. The van der Waals surface area contributed by atoms with Gasteiger partial charge in [0.25, 0.3) is 11.5 Å². The van der Waals surface area contributed by atoms with E-state index in [9.17, 15) is 27.6 Å². The van der Waals surface area contributed by atoms with Crippen LogP contribution in [0.4, 0.5) is 23.9 Å². The topological polar surface area (TPSA) is 110 Å². The Morgan fingerprint density at radius 1 is 1.14 bits per heavy atom. The molecular formula is C23H28ClF3N6O4. The zero-order valence-corrected chi connectivity index (χ0v) is 21.6. The van der Waals surface area contributed by atoms with Crippen molar-refractivity contribution in [1.82, 2.24) is 24.8 Å². The first-order chi connectivity index (χ1) is 17.1. The third-order valence-electron chi connectivity index (χ3n) is 5.34. The smallest absolute Gasteiger partial charge is 0.419 e. The molecule has 1 saturated heterocycles. The predicted octanol–water partition coefficient (Wildman–Crippen LogP) is 3.19. The fraction of sp³-hybridized carbons (Fsp3) is 0.522. The highest BCUT2D eigenvalue weighted by Crippen LogP contribution is 2.28. The van der Waals surface area contributed by atoms with E-state index in [0.29, 0.717) is 13.1 Å². The van der Waals surface area contributed by atoms with Crippen molar-refractivity contribution in [3.05, 3.63) is 51.2 Å². The number of pyridine rings is 1. The lowest BCUT2D eigenvalue weighted by molar-refractivity contribution is -0.138. The molecular weight excluding hydrogens is 517 g/mol. The van der Waals surface area contributed by atoms with Crippen LogP contribution >= 0.6 is 11.6 Å². The second kappa shape index (κ2) is 11.0. The number of nitrogens with one attached hydrogen (secondary N) is 1. The molecule has 1 N–H and O–H groups in total. The summed E-state index contributed by atoms with van der Waals surface area (Å²) in [7, 11) is 0. The Labute approximate surface area is 216 Å². The van der Waals surface area contributed by atoms with Crippen LogP contribution in [-0.4, -0.2) is 69.3 Å². The Kier molecular flexibility index (Phi) is 8.35. The van der Waals surface area contributed by atoms with E-state index >= 15 is 0 Å². The number of carbonyl (C=O) groups is 2. The lowest BCUT2D eigenvalue weighted by Crippen LogP contribution is -2.49. The van der Waals surface area contributed by atoms with Gasteiger partial charge in [0.05, 0.1) is 11.1 Å². The Bertz CT molecular complexity index is 1190. The summed E-state index contributed by atoms with van der Waals surface area (Å²) in [5, 5.41) is 2.49. The largest absolute Gasteiger partial charge is 0.444 e.